The summed E-state index contributed by atoms with van der Waals surface area (Å²) in [7, 11) is 0. The molecule has 10 nitrogen and oxygen atoms in total. The van der Waals surface area contributed by atoms with Gasteiger partial charge in [0.05, 0.1) is 44.1 Å². The van der Waals surface area contributed by atoms with Crippen LogP contribution in [0.4, 0.5) is 22.0 Å². The molecule has 19 heteroatoms. The second-order valence-electron chi connectivity index (χ2n) is 27.4. The van der Waals surface area contributed by atoms with Crippen LogP contribution in [0.15, 0.2) is 164 Å². The molecule has 4 saturated carbocycles. The Hall–Kier alpha value is -7.69. The molecule has 16 rings (SSSR count). The second-order valence-corrected chi connectivity index (χ2v) is 29.2. The molecule has 6 aromatic heterocycles. The molecule has 0 aliphatic heterocycles. The number of hydrogen-bond donors (Lipinski definition) is 4. The van der Waals surface area contributed by atoms with E-state index in [1.807, 2.05) is 109 Å². The normalized spacial score (nSPS) is 21.2. The highest BCUT2D eigenvalue weighted by Crippen LogP contribution is 2.42. The van der Waals surface area contributed by atoms with E-state index in [-0.39, 0.29) is 17.6 Å². The number of halogens is 9. The number of alkyl halides is 3. The van der Waals surface area contributed by atoms with Gasteiger partial charge in [-0.2, -0.15) is 13.2 Å². The van der Waals surface area contributed by atoms with Gasteiger partial charge in [-0.15, -0.1) is 0 Å². The van der Waals surface area contributed by atoms with Crippen LogP contribution in [-0.4, -0.2) is 49.8 Å². The van der Waals surface area contributed by atoms with Crippen molar-refractivity contribution in [1.29, 1.82) is 0 Å². The van der Waals surface area contributed by atoms with Crippen molar-refractivity contribution in [2.45, 2.75) is 158 Å². The lowest BCUT2D eigenvalue weighted by atomic mass is 9.77. The van der Waals surface area contributed by atoms with Crippen LogP contribution in [0.3, 0.4) is 0 Å². The van der Waals surface area contributed by atoms with Gasteiger partial charge in [0.15, 0.2) is 0 Å². The third-order valence-corrected chi connectivity index (χ3v) is 21.6. The summed E-state index contributed by atoms with van der Waals surface area (Å²) in [4.78, 5) is 39.8. The van der Waals surface area contributed by atoms with Gasteiger partial charge in [0.1, 0.15) is 40.6 Å². The molecule has 0 saturated heterocycles. The molecule has 98 heavy (non-hydrogen) atoms. The smallest absolute Gasteiger partial charge is 0.342 e. The van der Waals surface area contributed by atoms with Crippen molar-refractivity contribution in [3.63, 3.8) is 0 Å². The highest BCUT2D eigenvalue weighted by molar-refractivity contribution is 6.32. The van der Waals surface area contributed by atoms with Crippen LogP contribution >= 0.6 is 46.4 Å². The molecule has 0 radical (unpaired) electrons. The lowest BCUT2D eigenvalue weighted by Gasteiger charge is -2.28. The van der Waals surface area contributed by atoms with Crippen molar-refractivity contribution in [1.82, 2.24) is 49.8 Å². The van der Waals surface area contributed by atoms with Crippen LogP contribution in [0.25, 0.3) is 44.1 Å². The summed E-state index contributed by atoms with van der Waals surface area (Å²) >= 11 is 24.1. The maximum Gasteiger partial charge on any atom is 0.433 e. The third kappa shape index (κ3) is 18.2. The fourth-order valence-corrected chi connectivity index (χ4v) is 16.1. The molecular formula is C79H79Cl4F5N10. The largest absolute Gasteiger partial charge is 0.433 e. The van der Waals surface area contributed by atoms with Gasteiger partial charge in [-0.25, -0.2) is 28.7 Å². The first kappa shape index (κ1) is 68.8. The molecule has 0 bridgehead atoms. The molecule has 6 aromatic carbocycles. The molecule has 0 spiro atoms. The lowest BCUT2D eigenvalue weighted by molar-refractivity contribution is -0.141. The van der Waals surface area contributed by atoms with E-state index in [2.05, 4.69) is 57.0 Å². The number of H-pyrrole nitrogens is 4. The maximum atomic E-state index is 13.1. The average molecular weight is 1410 g/mol. The van der Waals surface area contributed by atoms with Gasteiger partial charge in [-0.1, -0.05) is 70.7 Å². The predicted octanol–water partition coefficient (Wildman–Crippen LogP) is 23.0. The predicted molar refractivity (Wildman–Crippen MR) is 384 cm³/mol. The zero-order chi connectivity index (χ0) is 67.7. The summed E-state index contributed by atoms with van der Waals surface area (Å²) in [5.74, 6) is 8.37. The van der Waals surface area contributed by atoms with E-state index in [1.165, 1.54) is 106 Å². The van der Waals surface area contributed by atoms with Crippen molar-refractivity contribution in [2.24, 2.45) is 23.7 Å². The van der Waals surface area contributed by atoms with Crippen LogP contribution < -0.4 is 0 Å². The van der Waals surface area contributed by atoms with E-state index < -0.39 is 11.9 Å². The van der Waals surface area contributed by atoms with Crippen molar-refractivity contribution in [2.75, 3.05) is 0 Å². The minimum atomic E-state index is -4.39. The van der Waals surface area contributed by atoms with Crippen LogP contribution in [-0.2, 0) is 31.9 Å². The van der Waals surface area contributed by atoms with E-state index in [0.717, 1.165) is 145 Å². The Kier molecular flexibility index (Phi) is 22.2. The number of pyridine rings is 2. The fraction of sp³-hybridized carbons (Fsp3) is 0.367. The Morgan fingerprint density at radius 3 is 0.898 bits per heavy atom. The Labute approximate surface area is 587 Å². The quantitative estimate of drug-likeness (QED) is 0.0898. The SMILES string of the molecule is Clc1ccc2nc(CC3CCC(c4ccncc4)CC3)[nH]c2c1.FC(F)(F)c1cc(C2CCC(Cc3nc4ccc(Cl)cc4[nH]3)CC2)ccn1.Fc1ccc(C2CCC(Cc3nc4ccc(Cl)cc4[nH]3)CC2)cc1.Fc1ccc(C2CCC(Cc3nc4ccc(Cl)cc4[nH]3)CC2)cc1. The van der Waals surface area contributed by atoms with Crippen LogP contribution in [0.1, 0.15) is 178 Å². The molecule has 0 amide bonds. The number of nitrogens with zero attached hydrogens (tertiary/aromatic N) is 6. The first-order valence-electron chi connectivity index (χ1n) is 34.5. The van der Waals surface area contributed by atoms with Gasteiger partial charge < -0.3 is 19.9 Å². The van der Waals surface area contributed by atoms with Crippen molar-refractivity contribution < 1.29 is 22.0 Å². The minimum absolute atomic E-state index is 0.155. The molecule has 4 fully saturated rings. The monoisotopic (exact) mass is 1400 g/mol. The number of fused-ring (bicyclic) bond motifs is 4. The van der Waals surface area contributed by atoms with Crippen molar-refractivity contribution in [3.05, 3.63) is 247 Å². The van der Waals surface area contributed by atoms with E-state index in [4.69, 9.17) is 51.4 Å². The minimum Gasteiger partial charge on any atom is -0.342 e. The topological polar surface area (TPSA) is 140 Å². The molecule has 0 atom stereocenters. The number of imidazole rings is 4. The first-order valence-corrected chi connectivity index (χ1v) is 36.0. The molecule has 6 heterocycles. The van der Waals surface area contributed by atoms with E-state index in [1.54, 1.807) is 30.3 Å². The molecule has 0 unspecified atom stereocenters. The number of benzene rings is 6. The Balaban J connectivity index is 0.000000118. The highest BCUT2D eigenvalue weighted by atomic mass is 35.5. The molecule has 508 valence electrons. The van der Waals surface area contributed by atoms with Gasteiger partial charge in [0.25, 0.3) is 0 Å². The summed E-state index contributed by atoms with van der Waals surface area (Å²) in [6, 6.07) is 44.2. The van der Waals surface area contributed by atoms with Crippen LogP contribution in [0, 0.1) is 35.3 Å². The summed E-state index contributed by atoms with van der Waals surface area (Å²) in [6.45, 7) is 0. The lowest BCUT2D eigenvalue weighted by Crippen LogP contribution is -2.17. The van der Waals surface area contributed by atoms with Gasteiger partial charge in [0.2, 0.25) is 0 Å². The zero-order valence-electron chi connectivity index (χ0n) is 54.4. The number of hydrogen-bond acceptors (Lipinski definition) is 6. The van der Waals surface area contributed by atoms with Gasteiger partial charge in [0, 0.05) is 64.4 Å². The standard InChI is InChI=1S/C20H19ClF3N3.2C20H20ClFN2.C19H20ClN3/c21-15-5-6-16-17(11-15)27-19(26-16)9-12-1-3-13(4-2-12)14-7-8-25-18(10-14)20(22,23)24;2*21-16-7-10-18-19(12-16)24-20(23-18)11-13-1-3-14(4-2-13)15-5-8-17(22)9-6-15;20-16-5-6-17-18(12-16)23-19(22-17)11-13-1-3-14(4-2-13)15-7-9-21-10-8-15/h5-8,10-13H,1-4,9H2,(H,26,27);2*5-10,12-14H,1-4,11H2,(H,23,24);5-10,12-14H,1-4,11H2,(H,22,23). The highest BCUT2D eigenvalue weighted by Gasteiger charge is 2.34. The fourth-order valence-electron chi connectivity index (χ4n) is 15.4. The van der Waals surface area contributed by atoms with Crippen LogP contribution in [0.2, 0.25) is 20.1 Å². The van der Waals surface area contributed by atoms with E-state index in [0.29, 0.717) is 40.5 Å². The van der Waals surface area contributed by atoms with Crippen LogP contribution in [0.5, 0.6) is 0 Å². The van der Waals surface area contributed by atoms with E-state index in [9.17, 15) is 22.0 Å². The molecule has 4 N–H and O–H groups in total. The summed E-state index contributed by atoms with van der Waals surface area (Å²) < 4.78 is 64.7. The third-order valence-electron chi connectivity index (χ3n) is 20.7. The second kappa shape index (κ2) is 31.7. The van der Waals surface area contributed by atoms with Crippen molar-refractivity contribution in [3.8, 4) is 0 Å². The Morgan fingerprint density at radius 2 is 0.602 bits per heavy atom. The number of aromatic amines is 4. The molecule has 12 aromatic rings. The summed E-state index contributed by atoms with van der Waals surface area (Å²) in [5, 5.41) is 2.90. The molecular weight excluding hydrogens is 1330 g/mol. The van der Waals surface area contributed by atoms with Gasteiger partial charge >= 0.3 is 6.18 Å². The average Bonchev–Trinajstić information content (AvgIpc) is 1.71. The van der Waals surface area contributed by atoms with E-state index >= 15 is 0 Å². The number of rotatable bonds is 12. The summed E-state index contributed by atoms with van der Waals surface area (Å²) in [5.41, 5.74) is 11.8. The summed E-state index contributed by atoms with van der Waals surface area (Å²) in [6.07, 6.45) is 22.8. The number of nitrogens with one attached hydrogen (secondary N) is 4. The van der Waals surface area contributed by atoms with Crippen molar-refractivity contribution >= 4 is 90.5 Å². The number of aromatic nitrogens is 10. The molecule has 4 aliphatic rings. The Bertz CT molecular complexity index is 4420. The molecule has 4 aliphatic carbocycles. The first-order chi connectivity index (χ1) is 47.5. The Morgan fingerprint density at radius 1 is 0.327 bits per heavy atom. The van der Waals surface area contributed by atoms with Gasteiger partial charge in [-0.3, -0.25) is 9.97 Å². The van der Waals surface area contributed by atoms with Gasteiger partial charge in [-0.05, 0) is 294 Å². The maximum absolute atomic E-state index is 13.1. The zero-order valence-corrected chi connectivity index (χ0v) is 57.5.